The van der Waals surface area contributed by atoms with Gasteiger partial charge in [-0.15, -0.1) is 0 Å². The molecule has 0 aromatic carbocycles. The standard InChI is InChI=1S/C16H30O3/c1-11(2)14-5-4-12(3)8-16(14)19-10-15(17)13-6-7-18-9-13/h11-17H,4-10H2,1-3H3. The molecule has 1 saturated carbocycles. The van der Waals surface area contributed by atoms with Gasteiger partial charge >= 0.3 is 0 Å². The summed E-state index contributed by atoms with van der Waals surface area (Å²) in [6.07, 6.45) is 4.69. The van der Waals surface area contributed by atoms with E-state index >= 15 is 0 Å². The molecule has 0 bridgehead atoms. The second-order valence-electron chi connectivity index (χ2n) is 6.89. The monoisotopic (exact) mass is 270 g/mol. The fourth-order valence-corrected chi connectivity index (χ4v) is 3.52. The van der Waals surface area contributed by atoms with Crippen molar-refractivity contribution in [3.63, 3.8) is 0 Å². The summed E-state index contributed by atoms with van der Waals surface area (Å²) in [5.41, 5.74) is 0. The third-order valence-electron chi connectivity index (χ3n) is 4.95. The summed E-state index contributed by atoms with van der Waals surface area (Å²) in [5.74, 6) is 2.36. The predicted molar refractivity (Wildman–Crippen MR) is 76.0 cm³/mol. The van der Waals surface area contributed by atoms with E-state index in [1.54, 1.807) is 0 Å². The minimum atomic E-state index is -0.354. The molecule has 0 spiro atoms. The zero-order valence-electron chi connectivity index (χ0n) is 12.7. The average Bonchev–Trinajstić information content (AvgIpc) is 2.89. The summed E-state index contributed by atoms with van der Waals surface area (Å²) in [4.78, 5) is 0. The number of hydrogen-bond acceptors (Lipinski definition) is 3. The van der Waals surface area contributed by atoms with E-state index in [1.807, 2.05) is 0 Å². The molecule has 1 aliphatic heterocycles. The van der Waals surface area contributed by atoms with Crippen molar-refractivity contribution in [2.24, 2.45) is 23.7 Å². The third-order valence-corrected chi connectivity index (χ3v) is 4.95. The number of rotatable bonds is 5. The molecule has 5 unspecified atom stereocenters. The largest absolute Gasteiger partial charge is 0.390 e. The summed E-state index contributed by atoms with van der Waals surface area (Å²) in [5, 5.41) is 10.2. The summed E-state index contributed by atoms with van der Waals surface area (Å²) in [6.45, 7) is 8.86. The molecular formula is C16H30O3. The topological polar surface area (TPSA) is 38.7 Å². The Labute approximate surface area is 117 Å². The molecule has 112 valence electrons. The molecule has 1 heterocycles. The smallest absolute Gasteiger partial charge is 0.0824 e. The van der Waals surface area contributed by atoms with Crippen LogP contribution >= 0.6 is 0 Å². The van der Waals surface area contributed by atoms with Gasteiger partial charge in [0.25, 0.3) is 0 Å². The lowest BCUT2D eigenvalue weighted by molar-refractivity contribution is -0.0805. The highest BCUT2D eigenvalue weighted by Crippen LogP contribution is 2.35. The normalized spacial score (nSPS) is 37.7. The number of ether oxygens (including phenoxy) is 2. The van der Waals surface area contributed by atoms with Gasteiger partial charge in [0.05, 0.1) is 25.4 Å². The van der Waals surface area contributed by atoms with E-state index in [2.05, 4.69) is 20.8 Å². The predicted octanol–water partition coefficient (Wildman–Crippen LogP) is 2.86. The van der Waals surface area contributed by atoms with Crippen LogP contribution in [0.25, 0.3) is 0 Å². The quantitative estimate of drug-likeness (QED) is 0.835. The Hall–Kier alpha value is -0.120. The molecular weight excluding hydrogens is 240 g/mol. The molecule has 2 rings (SSSR count). The molecule has 1 saturated heterocycles. The maximum atomic E-state index is 10.2. The van der Waals surface area contributed by atoms with Gasteiger partial charge in [-0.1, -0.05) is 27.2 Å². The van der Waals surface area contributed by atoms with Crippen LogP contribution in [0.1, 0.15) is 46.5 Å². The zero-order valence-corrected chi connectivity index (χ0v) is 12.7. The number of hydrogen-bond donors (Lipinski definition) is 1. The molecule has 19 heavy (non-hydrogen) atoms. The lowest BCUT2D eigenvalue weighted by atomic mass is 9.75. The second-order valence-corrected chi connectivity index (χ2v) is 6.89. The summed E-state index contributed by atoms with van der Waals surface area (Å²) >= 11 is 0. The fourth-order valence-electron chi connectivity index (χ4n) is 3.52. The van der Waals surface area contributed by atoms with Crippen molar-refractivity contribution >= 4 is 0 Å². The molecule has 2 aliphatic rings. The van der Waals surface area contributed by atoms with E-state index in [-0.39, 0.29) is 12.0 Å². The van der Waals surface area contributed by atoms with Gasteiger partial charge in [0, 0.05) is 12.5 Å². The maximum Gasteiger partial charge on any atom is 0.0824 e. The summed E-state index contributed by atoms with van der Waals surface area (Å²) < 4.78 is 11.4. The SMILES string of the molecule is CC1CCC(C(C)C)C(OCC(O)C2CCOC2)C1. The Morgan fingerprint density at radius 3 is 2.68 bits per heavy atom. The molecule has 3 heteroatoms. The Morgan fingerprint density at radius 2 is 2.05 bits per heavy atom. The van der Waals surface area contributed by atoms with Gasteiger partial charge < -0.3 is 14.6 Å². The summed E-state index contributed by atoms with van der Waals surface area (Å²) in [6, 6.07) is 0. The van der Waals surface area contributed by atoms with Crippen molar-refractivity contribution in [2.45, 2.75) is 58.7 Å². The van der Waals surface area contributed by atoms with E-state index in [0.717, 1.165) is 25.4 Å². The molecule has 0 amide bonds. The van der Waals surface area contributed by atoms with E-state index < -0.39 is 0 Å². The molecule has 3 nitrogen and oxygen atoms in total. The van der Waals surface area contributed by atoms with E-state index in [0.29, 0.717) is 31.2 Å². The van der Waals surface area contributed by atoms with Gasteiger partial charge in [0.15, 0.2) is 0 Å². The molecule has 0 aromatic heterocycles. The van der Waals surface area contributed by atoms with Crippen LogP contribution in [-0.4, -0.2) is 37.1 Å². The van der Waals surface area contributed by atoms with Crippen molar-refractivity contribution in [2.75, 3.05) is 19.8 Å². The number of aliphatic hydroxyl groups excluding tert-OH is 1. The second kappa shape index (κ2) is 7.05. The highest BCUT2D eigenvalue weighted by molar-refractivity contribution is 4.82. The Bertz CT molecular complexity index is 261. The van der Waals surface area contributed by atoms with Gasteiger partial charge in [-0.25, -0.2) is 0 Å². The Kier molecular flexibility index (Phi) is 5.67. The van der Waals surface area contributed by atoms with Crippen LogP contribution in [0.3, 0.4) is 0 Å². The van der Waals surface area contributed by atoms with Crippen LogP contribution in [0.4, 0.5) is 0 Å². The van der Waals surface area contributed by atoms with Gasteiger partial charge in [-0.3, -0.25) is 0 Å². The van der Waals surface area contributed by atoms with Crippen molar-refractivity contribution < 1.29 is 14.6 Å². The van der Waals surface area contributed by atoms with Crippen molar-refractivity contribution in [1.29, 1.82) is 0 Å². The van der Waals surface area contributed by atoms with Crippen molar-refractivity contribution in [3.05, 3.63) is 0 Å². The van der Waals surface area contributed by atoms with Crippen molar-refractivity contribution in [1.82, 2.24) is 0 Å². The Balaban J connectivity index is 1.81. The minimum absolute atomic E-state index is 0.276. The van der Waals surface area contributed by atoms with E-state index in [1.165, 1.54) is 12.8 Å². The van der Waals surface area contributed by atoms with Crippen LogP contribution in [-0.2, 0) is 9.47 Å². The van der Waals surface area contributed by atoms with Crippen LogP contribution in [0, 0.1) is 23.7 Å². The Morgan fingerprint density at radius 1 is 1.26 bits per heavy atom. The molecule has 0 radical (unpaired) electrons. The van der Waals surface area contributed by atoms with E-state index in [4.69, 9.17) is 9.47 Å². The lowest BCUT2D eigenvalue weighted by Crippen LogP contribution is -2.37. The highest BCUT2D eigenvalue weighted by atomic mass is 16.5. The summed E-state index contributed by atoms with van der Waals surface area (Å²) in [7, 11) is 0. The average molecular weight is 270 g/mol. The molecule has 0 aromatic rings. The van der Waals surface area contributed by atoms with Gasteiger partial charge in [0.2, 0.25) is 0 Å². The van der Waals surface area contributed by atoms with E-state index in [9.17, 15) is 5.11 Å². The van der Waals surface area contributed by atoms with Crippen molar-refractivity contribution in [3.8, 4) is 0 Å². The highest BCUT2D eigenvalue weighted by Gasteiger charge is 2.32. The lowest BCUT2D eigenvalue weighted by Gasteiger charge is -2.37. The number of aliphatic hydroxyl groups is 1. The zero-order chi connectivity index (χ0) is 13.8. The molecule has 2 fully saturated rings. The van der Waals surface area contributed by atoms with Crippen LogP contribution < -0.4 is 0 Å². The third kappa shape index (κ3) is 4.17. The van der Waals surface area contributed by atoms with Crippen LogP contribution in [0.15, 0.2) is 0 Å². The molecule has 5 atom stereocenters. The molecule has 1 N–H and O–H groups in total. The van der Waals surface area contributed by atoms with Gasteiger partial charge in [0.1, 0.15) is 0 Å². The van der Waals surface area contributed by atoms with Crippen LogP contribution in [0.5, 0.6) is 0 Å². The first kappa shape index (κ1) is 15.3. The fraction of sp³-hybridized carbons (Fsp3) is 1.00. The van der Waals surface area contributed by atoms with Gasteiger partial charge in [-0.05, 0) is 37.0 Å². The minimum Gasteiger partial charge on any atom is -0.390 e. The van der Waals surface area contributed by atoms with Crippen LogP contribution in [0.2, 0.25) is 0 Å². The first-order valence-electron chi connectivity index (χ1n) is 7.95. The van der Waals surface area contributed by atoms with Gasteiger partial charge in [-0.2, -0.15) is 0 Å². The first-order valence-corrected chi connectivity index (χ1v) is 7.95. The molecule has 1 aliphatic carbocycles. The maximum absolute atomic E-state index is 10.2. The first-order chi connectivity index (χ1) is 9.08.